The highest BCUT2D eigenvalue weighted by molar-refractivity contribution is 5.83. The molecule has 1 saturated heterocycles. The van der Waals surface area contributed by atoms with Crippen LogP contribution in [0.1, 0.15) is 22.7 Å². The molecule has 0 aromatic heterocycles. The number of nitrogens with zero attached hydrogens (tertiary/aromatic N) is 4. The molecule has 7 heteroatoms. The fraction of sp³-hybridized carbons (Fsp3) is 0.240. The maximum atomic E-state index is 11.7. The Morgan fingerprint density at radius 2 is 1.53 bits per heavy atom. The van der Waals surface area contributed by atoms with Crippen molar-refractivity contribution in [3.63, 3.8) is 0 Å². The lowest BCUT2D eigenvalue weighted by atomic mass is 9.96. The lowest BCUT2D eigenvalue weighted by Crippen LogP contribution is -2.48. The van der Waals surface area contributed by atoms with E-state index in [4.69, 9.17) is 0 Å². The summed E-state index contributed by atoms with van der Waals surface area (Å²) in [6.07, 6.45) is 1.47. The number of anilines is 1. The van der Waals surface area contributed by atoms with Crippen LogP contribution in [0.2, 0.25) is 0 Å². The quantitative estimate of drug-likeness (QED) is 0.314. The number of oxime groups is 1. The fourth-order valence-corrected chi connectivity index (χ4v) is 4.25. The van der Waals surface area contributed by atoms with E-state index in [-0.39, 0.29) is 16.7 Å². The third kappa shape index (κ3) is 4.78. The minimum atomic E-state index is -0.331. The van der Waals surface area contributed by atoms with Crippen LogP contribution in [0.15, 0.2) is 84.0 Å². The van der Waals surface area contributed by atoms with Gasteiger partial charge in [-0.05, 0) is 17.2 Å². The molecule has 0 aliphatic carbocycles. The summed E-state index contributed by atoms with van der Waals surface area (Å²) in [7, 11) is 1.44. The van der Waals surface area contributed by atoms with E-state index < -0.39 is 0 Å². The Labute approximate surface area is 187 Å². The Morgan fingerprint density at radius 1 is 0.938 bits per heavy atom. The maximum Gasteiger partial charge on any atom is 0.293 e. The Balaban J connectivity index is 1.55. The third-order valence-corrected chi connectivity index (χ3v) is 5.75. The standard InChI is InChI=1S/C25H26N4O3/c1-32-26-19-20-12-13-23(24(18-20)29(30)31)27-14-16-28(17-15-27)25(21-8-4-2-5-9-21)22-10-6-3-7-11-22/h2-13,18-19,25H,14-17H2,1H3/b26-19-. The number of hydrogen-bond donors (Lipinski definition) is 0. The molecule has 0 radical (unpaired) electrons. The number of rotatable bonds is 7. The summed E-state index contributed by atoms with van der Waals surface area (Å²) >= 11 is 0. The van der Waals surface area contributed by atoms with Gasteiger partial charge in [0.05, 0.1) is 17.2 Å². The van der Waals surface area contributed by atoms with Crippen LogP contribution in [0.3, 0.4) is 0 Å². The Morgan fingerprint density at radius 3 is 2.06 bits per heavy atom. The molecular weight excluding hydrogens is 404 g/mol. The summed E-state index contributed by atoms with van der Waals surface area (Å²) < 4.78 is 0. The van der Waals surface area contributed by atoms with Gasteiger partial charge in [-0.2, -0.15) is 0 Å². The van der Waals surface area contributed by atoms with Crippen LogP contribution in [0, 0.1) is 10.1 Å². The van der Waals surface area contributed by atoms with Gasteiger partial charge in [-0.15, -0.1) is 0 Å². The summed E-state index contributed by atoms with van der Waals surface area (Å²) in [5, 5.41) is 15.4. The first-order chi connectivity index (χ1) is 15.7. The molecule has 0 amide bonds. The molecule has 0 atom stereocenters. The van der Waals surface area contributed by atoms with Crippen molar-refractivity contribution in [2.45, 2.75) is 6.04 Å². The van der Waals surface area contributed by atoms with Crippen LogP contribution in [-0.2, 0) is 4.84 Å². The van der Waals surface area contributed by atoms with Crippen molar-refractivity contribution in [3.05, 3.63) is 106 Å². The van der Waals surface area contributed by atoms with Gasteiger partial charge in [0.25, 0.3) is 5.69 Å². The van der Waals surface area contributed by atoms with E-state index in [1.165, 1.54) is 24.5 Å². The second kappa shape index (κ2) is 10.1. The molecule has 0 N–H and O–H groups in total. The first-order valence-corrected chi connectivity index (χ1v) is 10.6. The highest BCUT2D eigenvalue weighted by Crippen LogP contribution is 2.33. The minimum absolute atomic E-state index is 0.0844. The third-order valence-electron chi connectivity index (χ3n) is 5.75. The van der Waals surface area contributed by atoms with E-state index in [1.54, 1.807) is 12.1 Å². The van der Waals surface area contributed by atoms with Crippen molar-refractivity contribution in [2.75, 3.05) is 38.2 Å². The minimum Gasteiger partial charge on any atom is -0.399 e. The molecule has 1 fully saturated rings. The molecule has 164 valence electrons. The molecule has 32 heavy (non-hydrogen) atoms. The lowest BCUT2D eigenvalue weighted by Gasteiger charge is -2.40. The van der Waals surface area contributed by atoms with Crippen molar-refractivity contribution in [1.82, 2.24) is 4.90 Å². The van der Waals surface area contributed by atoms with E-state index >= 15 is 0 Å². The molecule has 1 heterocycles. The van der Waals surface area contributed by atoms with E-state index in [0.29, 0.717) is 24.3 Å². The summed E-state index contributed by atoms with van der Waals surface area (Å²) in [6, 6.07) is 26.3. The predicted molar refractivity (Wildman–Crippen MR) is 126 cm³/mol. The normalized spacial score (nSPS) is 14.8. The topological polar surface area (TPSA) is 71.2 Å². The molecule has 4 rings (SSSR count). The lowest BCUT2D eigenvalue weighted by molar-refractivity contribution is -0.384. The largest absolute Gasteiger partial charge is 0.399 e. The van der Waals surface area contributed by atoms with Gasteiger partial charge in [0.2, 0.25) is 0 Å². The maximum absolute atomic E-state index is 11.7. The Hall–Kier alpha value is -3.71. The highest BCUT2D eigenvalue weighted by atomic mass is 16.6. The molecule has 1 aliphatic heterocycles. The van der Waals surface area contributed by atoms with Crippen molar-refractivity contribution in [3.8, 4) is 0 Å². The average Bonchev–Trinajstić information content (AvgIpc) is 2.84. The van der Waals surface area contributed by atoms with Gasteiger partial charge >= 0.3 is 0 Å². The van der Waals surface area contributed by atoms with Crippen LogP contribution >= 0.6 is 0 Å². The van der Waals surface area contributed by atoms with Crippen LogP contribution in [0.5, 0.6) is 0 Å². The van der Waals surface area contributed by atoms with Gasteiger partial charge in [0.1, 0.15) is 12.8 Å². The number of benzene rings is 3. The molecule has 3 aromatic carbocycles. The van der Waals surface area contributed by atoms with Gasteiger partial charge in [-0.1, -0.05) is 71.9 Å². The molecular formula is C25H26N4O3. The first kappa shape index (κ1) is 21.5. The zero-order chi connectivity index (χ0) is 22.3. The van der Waals surface area contributed by atoms with Gasteiger partial charge in [0, 0.05) is 37.8 Å². The Bertz CT molecular complexity index is 1030. The van der Waals surface area contributed by atoms with Crippen molar-refractivity contribution in [1.29, 1.82) is 0 Å². The molecule has 0 saturated carbocycles. The van der Waals surface area contributed by atoms with Crippen LogP contribution in [0.25, 0.3) is 0 Å². The van der Waals surface area contributed by atoms with Crippen LogP contribution in [-0.4, -0.2) is 49.3 Å². The van der Waals surface area contributed by atoms with Crippen molar-refractivity contribution in [2.24, 2.45) is 5.16 Å². The number of piperazine rings is 1. The van der Waals surface area contributed by atoms with E-state index in [2.05, 4.69) is 68.3 Å². The Kier molecular flexibility index (Phi) is 6.77. The predicted octanol–water partition coefficient (Wildman–Crippen LogP) is 4.49. The smallest absolute Gasteiger partial charge is 0.293 e. The summed E-state index contributed by atoms with van der Waals surface area (Å²) in [6.45, 7) is 3.03. The molecule has 7 nitrogen and oxygen atoms in total. The summed E-state index contributed by atoms with van der Waals surface area (Å²) in [5.74, 6) is 0. The molecule has 0 unspecified atom stereocenters. The van der Waals surface area contributed by atoms with E-state index in [0.717, 1.165) is 13.1 Å². The SMILES string of the molecule is CO/N=C\c1ccc(N2CCN(C(c3ccccc3)c3ccccc3)CC2)c([N+](=O)[O-])c1. The number of nitro groups is 1. The molecule has 0 spiro atoms. The molecule has 0 bridgehead atoms. The second-order valence-corrected chi connectivity index (χ2v) is 7.67. The summed E-state index contributed by atoms with van der Waals surface area (Å²) in [4.78, 5) is 20.6. The monoisotopic (exact) mass is 430 g/mol. The highest BCUT2D eigenvalue weighted by Gasteiger charge is 2.29. The van der Waals surface area contributed by atoms with Gasteiger partial charge < -0.3 is 9.74 Å². The number of nitro benzene ring substituents is 1. The van der Waals surface area contributed by atoms with E-state index in [1.807, 2.05) is 18.2 Å². The van der Waals surface area contributed by atoms with Crippen LogP contribution in [0.4, 0.5) is 11.4 Å². The van der Waals surface area contributed by atoms with Crippen LogP contribution < -0.4 is 4.90 Å². The van der Waals surface area contributed by atoms with Crippen molar-refractivity contribution < 1.29 is 9.76 Å². The average molecular weight is 431 g/mol. The zero-order valence-corrected chi connectivity index (χ0v) is 18.0. The summed E-state index contributed by atoms with van der Waals surface area (Å²) in [5.41, 5.74) is 3.86. The fourth-order valence-electron chi connectivity index (χ4n) is 4.25. The van der Waals surface area contributed by atoms with Gasteiger partial charge in [-0.25, -0.2) is 0 Å². The molecule has 3 aromatic rings. The molecule has 1 aliphatic rings. The van der Waals surface area contributed by atoms with E-state index in [9.17, 15) is 10.1 Å². The zero-order valence-electron chi connectivity index (χ0n) is 18.0. The number of hydrogen-bond acceptors (Lipinski definition) is 6. The second-order valence-electron chi connectivity index (χ2n) is 7.67. The van der Waals surface area contributed by atoms with Gasteiger partial charge in [0.15, 0.2) is 0 Å². The first-order valence-electron chi connectivity index (χ1n) is 10.6. The van der Waals surface area contributed by atoms with Crippen molar-refractivity contribution >= 4 is 17.6 Å². The van der Waals surface area contributed by atoms with Gasteiger partial charge in [-0.3, -0.25) is 15.0 Å².